The first-order chi connectivity index (χ1) is 9.06. The van der Waals surface area contributed by atoms with Crippen LogP contribution in [0.15, 0.2) is 18.2 Å². The third kappa shape index (κ3) is 3.35. The summed E-state index contributed by atoms with van der Waals surface area (Å²) in [4.78, 5) is 22.2. The summed E-state index contributed by atoms with van der Waals surface area (Å²) in [7, 11) is 0. The van der Waals surface area contributed by atoms with Gasteiger partial charge < -0.3 is 19.9 Å². The van der Waals surface area contributed by atoms with Gasteiger partial charge in [-0.25, -0.2) is 0 Å². The number of anilines is 1. The number of aliphatic carboxylic acids is 1. The van der Waals surface area contributed by atoms with Gasteiger partial charge in [-0.1, -0.05) is 0 Å². The summed E-state index contributed by atoms with van der Waals surface area (Å²) in [5.41, 5.74) is 0.569. The fraction of sp³-hybridized carbons (Fsp3) is 0.333. The standard InChI is InChI=1S/C12H14N2O5/c1-7(12(16)17)13-5-11(15)14-8-2-3-9-10(4-8)19-6-18-9/h2-4,7,13H,5-6H2,1H3,(H,14,15)(H,16,17). The van der Waals surface area contributed by atoms with Gasteiger partial charge in [-0.3, -0.25) is 14.9 Å². The largest absolute Gasteiger partial charge is 0.480 e. The van der Waals surface area contributed by atoms with Crippen LogP contribution >= 0.6 is 0 Å². The van der Waals surface area contributed by atoms with Crippen LogP contribution in [0.25, 0.3) is 0 Å². The van der Waals surface area contributed by atoms with E-state index in [2.05, 4.69) is 10.6 Å². The highest BCUT2D eigenvalue weighted by atomic mass is 16.7. The van der Waals surface area contributed by atoms with Crippen molar-refractivity contribution in [1.82, 2.24) is 5.32 Å². The maximum absolute atomic E-state index is 11.6. The van der Waals surface area contributed by atoms with Crippen LogP contribution in [0, 0.1) is 0 Å². The van der Waals surface area contributed by atoms with Crippen LogP contribution < -0.4 is 20.1 Å². The minimum atomic E-state index is -1.00. The van der Waals surface area contributed by atoms with Gasteiger partial charge >= 0.3 is 5.97 Å². The normalized spacial score (nSPS) is 13.9. The molecule has 1 aromatic rings. The molecule has 1 aliphatic heterocycles. The SMILES string of the molecule is CC(NCC(=O)Nc1ccc2c(c1)OCO2)C(=O)O. The Labute approximate surface area is 109 Å². The lowest BCUT2D eigenvalue weighted by molar-refractivity contribution is -0.139. The molecule has 3 N–H and O–H groups in total. The molecule has 7 nitrogen and oxygen atoms in total. The van der Waals surface area contributed by atoms with E-state index < -0.39 is 12.0 Å². The van der Waals surface area contributed by atoms with Gasteiger partial charge in [-0.15, -0.1) is 0 Å². The molecule has 1 heterocycles. The third-order valence-electron chi connectivity index (χ3n) is 2.60. The van der Waals surface area contributed by atoms with Crippen molar-refractivity contribution >= 4 is 17.6 Å². The molecule has 0 aromatic heterocycles. The van der Waals surface area contributed by atoms with Gasteiger partial charge in [0.05, 0.1) is 6.54 Å². The van der Waals surface area contributed by atoms with Crippen LogP contribution in [0.2, 0.25) is 0 Å². The van der Waals surface area contributed by atoms with Crippen LogP contribution in [-0.4, -0.2) is 36.4 Å². The predicted octanol–water partition coefficient (Wildman–Crippen LogP) is 0.416. The molecule has 102 valence electrons. The molecule has 0 aliphatic carbocycles. The molecule has 19 heavy (non-hydrogen) atoms. The van der Waals surface area contributed by atoms with E-state index in [0.29, 0.717) is 17.2 Å². The lowest BCUT2D eigenvalue weighted by Gasteiger charge is -2.09. The van der Waals surface area contributed by atoms with Crippen LogP contribution in [0.5, 0.6) is 11.5 Å². The molecule has 0 spiro atoms. The van der Waals surface area contributed by atoms with Gasteiger partial charge in [0.15, 0.2) is 11.5 Å². The first kappa shape index (κ1) is 13.2. The number of ether oxygens (including phenoxy) is 2. The highest BCUT2D eigenvalue weighted by Crippen LogP contribution is 2.34. The number of benzene rings is 1. The molecular formula is C12H14N2O5. The second-order valence-electron chi connectivity index (χ2n) is 4.06. The number of hydrogen-bond acceptors (Lipinski definition) is 5. The minimum absolute atomic E-state index is 0.0814. The molecule has 1 aromatic carbocycles. The zero-order chi connectivity index (χ0) is 13.8. The number of amides is 1. The van der Waals surface area contributed by atoms with E-state index in [1.807, 2.05) is 0 Å². The first-order valence-corrected chi connectivity index (χ1v) is 5.72. The molecule has 0 fully saturated rings. The fourth-order valence-electron chi connectivity index (χ4n) is 1.51. The average Bonchev–Trinajstić information content (AvgIpc) is 2.83. The second kappa shape index (κ2) is 5.57. The summed E-state index contributed by atoms with van der Waals surface area (Å²) in [6, 6.07) is 4.26. The van der Waals surface area contributed by atoms with Crippen LogP contribution in [0.4, 0.5) is 5.69 Å². The summed E-state index contributed by atoms with van der Waals surface area (Å²) in [5.74, 6) is -0.122. The van der Waals surface area contributed by atoms with Crippen molar-refractivity contribution in [2.24, 2.45) is 0 Å². The predicted molar refractivity (Wildman–Crippen MR) is 66.3 cm³/mol. The van der Waals surface area contributed by atoms with Gasteiger partial charge in [-0.2, -0.15) is 0 Å². The first-order valence-electron chi connectivity index (χ1n) is 5.72. The van der Waals surface area contributed by atoms with Crippen molar-refractivity contribution in [3.8, 4) is 11.5 Å². The van der Waals surface area contributed by atoms with Crippen LogP contribution in [0.3, 0.4) is 0 Å². The molecule has 1 aliphatic rings. The van der Waals surface area contributed by atoms with Crippen molar-refractivity contribution in [1.29, 1.82) is 0 Å². The van der Waals surface area contributed by atoms with Gasteiger partial charge in [0.2, 0.25) is 12.7 Å². The van der Waals surface area contributed by atoms with Crippen molar-refractivity contribution in [3.05, 3.63) is 18.2 Å². The van der Waals surface area contributed by atoms with E-state index in [1.54, 1.807) is 18.2 Å². The maximum Gasteiger partial charge on any atom is 0.320 e. The van der Waals surface area contributed by atoms with Crippen molar-refractivity contribution in [2.75, 3.05) is 18.7 Å². The number of nitrogens with one attached hydrogen (secondary N) is 2. The summed E-state index contributed by atoms with van der Waals surface area (Å²) in [6.45, 7) is 1.56. The van der Waals surface area contributed by atoms with E-state index in [0.717, 1.165) is 0 Å². The summed E-state index contributed by atoms with van der Waals surface area (Å²) in [6.07, 6.45) is 0. The number of hydrogen-bond donors (Lipinski definition) is 3. The van der Waals surface area contributed by atoms with Crippen molar-refractivity contribution in [2.45, 2.75) is 13.0 Å². The third-order valence-corrected chi connectivity index (χ3v) is 2.60. The van der Waals surface area contributed by atoms with Gasteiger partial charge in [0.1, 0.15) is 6.04 Å². The maximum atomic E-state index is 11.6. The summed E-state index contributed by atoms with van der Waals surface area (Å²) < 4.78 is 10.3. The average molecular weight is 266 g/mol. The molecule has 0 saturated carbocycles. The molecule has 7 heteroatoms. The topological polar surface area (TPSA) is 96.9 Å². The Morgan fingerprint density at radius 3 is 2.84 bits per heavy atom. The van der Waals surface area contributed by atoms with E-state index in [-0.39, 0.29) is 19.2 Å². The Bertz CT molecular complexity index is 503. The molecule has 1 amide bonds. The molecule has 2 rings (SSSR count). The second-order valence-corrected chi connectivity index (χ2v) is 4.06. The molecular weight excluding hydrogens is 252 g/mol. The van der Waals surface area contributed by atoms with Gasteiger partial charge in [-0.05, 0) is 19.1 Å². The van der Waals surface area contributed by atoms with E-state index in [9.17, 15) is 9.59 Å². The molecule has 1 unspecified atom stereocenters. The molecule has 0 saturated heterocycles. The Morgan fingerprint density at radius 1 is 1.37 bits per heavy atom. The number of carbonyl (C=O) groups is 2. The number of carboxylic acids is 1. The Kier molecular flexibility index (Phi) is 3.86. The van der Waals surface area contributed by atoms with Gasteiger partial charge in [0.25, 0.3) is 0 Å². The fourth-order valence-corrected chi connectivity index (χ4v) is 1.51. The van der Waals surface area contributed by atoms with Crippen molar-refractivity contribution < 1.29 is 24.2 Å². The quantitative estimate of drug-likeness (QED) is 0.714. The smallest absolute Gasteiger partial charge is 0.320 e. The highest BCUT2D eigenvalue weighted by molar-refractivity contribution is 5.93. The number of fused-ring (bicyclic) bond motifs is 1. The van der Waals surface area contributed by atoms with E-state index in [1.165, 1.54) is 6.92 Å². The number of carbonyl (C=O) groups excluding carboxylic acids is 1. The summed E-state index contributed by atoms with van der Waals surface area (Å²) in [5, 5.41) is 13.9. The number of rotatable bonds is 5. The zero-order valence-electron chi connectivity index (χ0n) is 10.3. The minimum Gasteiger partial charge on any atom is -0.480 e. The zero-order valence-corrected chi connectivity index (χ0v) is 10.3. The number of carboxylic acid groups (broad SMARTS) is 1. The lowest BCUT2D eigenvalue weighted by atomic mass is 10.2. The summed E-state index contributed by atoms with van der Waals surface area (Å²) >= 11 is 0. The van der Waals surface area contributed by atoms with Crippen molar-refractivity contribution in [3.63, 3.8) is 0 Å². The Hall–Kier alpha value is -2.28. The van der Waals surface area contributed by atoms with E-state index >= 15 is 0 Å². The van der Waals surface area contributed by atoms with Crippen LogP contribution in [-0.2, 0) is 9.59 Å². The molecule has 1 atom stereocenters. The Balaban J connectivity index is 1.87. The Morgan fingerprint density at radius 2 is 2.11 bits per heavy atom. The van der Waals surface area contributed by atoms with Crippen LogP contribution in [0.1, 0.15) is 6.92 Å². The van der Waals surface area contributed by atoms with E-state index in [4.69, 9.17) is 14.6 Å². The monoisotopic (exact) mass is 266 g/mol. The molecule has 0 radical (unpaired) electrons. The van der Waals surface area contributed by atoms with Gasteiger partial charge in [0, 0.05) is 11.8 Å². The lowest BCUT2D eigenvalue weighted by Crippen LogP contribution is -2.39. The highest BCUT2D eigenvalue weighted by Gasteiger charge is 2.15. The molecule has 0 bridgehead atoms.